The molecule has 0 N–H and O–H groups in total. The van der Waals surface area contributed by atoms with Crippen LogP contribution in [0.4, 0.5) is 0 Å². The topological polar surface area (TPSA) is 56.7 Å². The predicted molar refractivity (Wildman–Crippen MR) is 236 cm³/mol. The van der Waals surface area contributed by atoms with E-state index in [2.05, 4.69) is 156 Å². The van der Waals surface area contributed by atoms with Crippen molar-refractivity contribution in [2.45, 2.75) is 0 Å². The molecule has 0 bridgehead atoms. The zero-order valence-corrected chi connectivity index (χ0v) is 31.2. The van der Waals surface area contributed by atoms with Gasteiger partial charge in [0.2, 0.25) is 0 Å². The summed E-state index contributed by atoms with van der Waals surface area (Å²) in [6.07, 6.45) is 0. The summed E-state index contributed by atoms with van der Waals surface area (Å²) in [5.74, 6) is 1.85. The Morgan fingerprint density at radius 1 is 0.386 bits per heavy atom. The second-order valence-electron chi connectivity index (χ2n) is 14.4. The standard InChI is InChI=1S/C51H30N4OS/c1-3-13-31(14-4-1)49-52-50(54-51(53-49)33-25-27-36-35-17-8-10-24-45(35)57-46(36)30-33)32-26-28-40-44(29-32)56-43-23-12-20-38(48(40)43)37-19-11-22-42-47(37)39-18-7-9-21-41(39)55(42)34-15-5-2-6-16-34/h1-30H. The van der Waals surface area contributed by atoms with Gasteiger partial charge in [-0.1, -0.05) is 127 Å². The van der Waals surface area contributed by atoms with Crippen molar-refractivity contribution in [3.63, 3.8) is 0 Å². The first-order valence-corrected chi connectivity index (χ1v) is 19.8. The number of aromatic nitrogens is 4. The lowest BCUT2D eigenvalue weighted by Gasteiger charge is -2.09. The van der Waals surface area contributed by atoms with Gasteiger partial charge in [-0.05, 0) is 65.7 Å². The van der Waals surface area contributed by atoms with Gasteiger partial charge in [0.05, 0.1) is 11.0 Å². The monoisotopic (exact) mass is 746 g/mol. The van der Waals surface area contributed by atoms with E-state index in [4.69, 9.17) is 19.4 Å². The minimum absolute atomic E-state index is 0.594. The molecule has 0 saturated heterocycles. The first-order valence-electron chi connectivity index (χ1n) is 19.0. The summed E-state index contributed by atoms with van der Waals surface area (Å²) in [5, 5.41) is 7.07. The van der Waals surface area contributed by atoms with E-state index >= 15 is 0 Å². The Kier molecular flexibility index (Phi) is 7.03. The fraction of sp³-hybridized carbons (Fsp3) is 0. The summed E-state index contributed by atoms with van der Waals surface area (Å²) in [4.78, 5) is 15.2. The van der Waals surface area contributed by atoms with Crippen LogP contribution in [0.25, 0.3) is 115 Å². The Balaban J connectivity index is 1.03. The molecule has 0 amide bonds. The molecule has 0 aliphatic rings. The van der Waals surface area contributed by atoms with Crippen molar-refractivity contribution in [1.29, 1.82) is 0 Å². The quantitative estimate of drug-likeness (QED) is 0.176. The van der Waals surface area contributed by atoms with Gasteiger partial charge in [0.1, 0.15) is 11.2 Å². The number of thiophene rings is 1. The largest absolute Gasteiger partial charge is 0.456 e. The lowest BCUT2D eigenvalue weighted by molar-refractivity contribution is 0.669. The minimum Gasteiger partial charge on any atom is -0.456 e. The van der Waals surface area contributed by atoms with Crippen molar-refractivity contribution >= 4 is 75.3 Å². The average molecular weight is 747 g/mol. The normalized spacial score (nSPS) is 11.9. The van der Waals surface area contributed by atoms with Crippen molar-refractivity contribution in [2.75, 3.05) is 0 Å². The summed E-state index contributed by atoms with van der Waals surface area (Å²) in [6.45, 7) is 0. The highest BCUT2D eigenvalue weighted by atomic mass is 32.1. The number of fused-ring (bicyclic) bond motifs is 9. The molecule has 0 aliphatic carbocycles. The molecule has 0 radical (unpaired) electrons. The van der Waals surface area contributed by atoms with E-state index in [0.29, 0.717) is 17.5 Å². The summed E-state index contributed by atoms with van der Waals surface area (Å²) in [7, 11) is 0. The van der Waals surface area contributed by atoms with E-state index < -0.39 is 0 Å². The van der Waals surface area contributed by atoms with Gasteiger partial charge in [-0.25, -0.2) is 15.0 Å². The fourth-order valence-electron chi connectivity index (χ4n) is 8.50. The lowest BCUT2D eigenvalue weighted by atomic mass is 9.95. The van der Waals surface area contributed by atoms with Gasteiger partial charge in [-0.2, -0.15) is 0 Å². The molecule has 0 saturated carbocycles. The van der Waals surface area contributed by atoms with Crippen molar-refractivity contribution < 1.29 is 4.42 Å². The SMILES string of the molecule is c1ccc(-c2nc(-c3ccc4c(c3)oc3cccc(-c5cccc6c5c5ccccc5n6-c5ccccc5)c34)nc(-c3ccc4c(c3)sc3ccccc34)n2)cc1. The molecule has 6 heteroatoms. The smallest absolute Gasteiger partial charge is 0.164 e. The highest BCUT2D eigenvalue weighted by Gasteiger charge is 2.21. The maximum atomic E-state index is 6.68. The number of hydrogen-bond acceptors (Lipinski definition) is 5. The van der Waals surface area contributed by atoms with E-state index in [1.165, 1.54) is 47.5 Å². The summed E-state index contributed by atoms with van der Waals surface area (Å²) >= 11 is 1.79. The van der Waals surface area contributed by atoms with E-state index in [1.807, 2.05) is 30.3 Å². The van der Waals surface area contributed by atoms with Gasteiger partial charge >= 0.3 is 0 Å². The zero-order valence-electron chi connectivity index (χ0n) is 30.4. The number of nitrogens with zero attached hydrogens (tertiary/aromatic N) is 4. The van der Waals surface area contributed by atoms with Crippen molar-refractivity contribution in [3.8, 4) is 51.0 Å². The summed E-state index contributed by atoms with van der Waals surface area (Å²) in [6, 6.07) is 63.8. The molecule has 12 rings (SSSR count). The third kappa shape index (κ3) is 5.04. The molecule has 266 valence electrons. The molecule has 0 spiro atoms. The number of furan rings is 1. The molecule has 8 aromatic carbocycles. The van der Waals surface area contributed by atoms with E-state index in [0.717, 1.165) is 49.9 Å². The van der Waals surface area contributed by atoms with Gasteiger partial charge in [-0.15, -0.1) is 11.3 Å². The van der Waals surface area contributed by atoms with Crippen molar-refractivity contribution in [3.05, 3.63) is 182 Å². The Labute approximate surface area is 330 Å². The van der Waals surface area contributed by atoms with Crippen LogP contribution in [0, 0.1) is 0 Å². The second-order valence-corrected chi connectivity index (χ2v) is 15.4. The number of para-hydroxylation sites is 2. The maximum absolute atomic E-state index is 6.68. The first kappa shape index (κ1) is 31.9. The van der Waals surface area contributed by atoms with E-state index in [1.54, 1.807) is 11.3 Å². The fourth-order valence-corrected chi connectivity index (χ4v) is 9.65. The van der Waals surface area contributed by atoms with E-state index in [9.17, 15) is 0 Å². The number of hydrogen-bond donors (Lipinski definition) is 0. The van der Waals surface area contributed by atoms with Crippen LogP contribution in [0.1, 0.15) is 0 Å². The molecule has 0 aliphatic heterocycles. The van der Waals surface area contributed by atoms with E-state index in [-0.39, 0.29) is 0 Å². The van der Waals surface area contributed by atoms with Gasteiger partial charge in [0, 0.05) is 64.1 Å². The van der Waals surface area contributed by atoms with Crippen LogP contribution in [0.2, 0.25) is 0 Å². The van der Waals surface area contributed by atoms with Gasteiger partial charge < -0.3 is 8.98 Å². The Bertz CT molecular complexity index is 3530. The zero-order chi connectivity index (χ0) is 37.5. The van der Waals surface area contributed by atoms with Gasteiger partial charge in [0.25, 0.3) is 0 Å². The molecule has 12 aromatic rings. The maximum Gasteiger partial charge on any atom is 0.164 e. The van der Waals surface area contributed by atoms with Crippen molar-refractivity contribution in [2.24, 2.45) is 0 Å². The molecule has 5 nitrogen and oxygen atoms in total. The number of rotatable bonds is 5. The third-order valence-corrected chi connectivity index (χ3v) is 12.2. The Morgan fingerprint density at radius 3 is 1.79 bits per heavy atom. The van der Waals surface area contributed by atoms with Crippen LogP contribution in [-0.2, 0) is 0 Å². The first-order chi connectivity index (χ1) is 28.2. The van der Waals surface area contributed by atoms with Gasteiger partial charge in [-0.3, -0.25) is 0 Å². The minimum atomic E-state index is 0.594. The molecular formula is C51H30N4OS. The summed E-state index contributed by atoms with van der Waals surface area (Å²) in [5.41, 5.74) is 10.1. The molecule has 4 aromatic heterocycles. The second kappa shape index (κ2) is 12.6. The summed E-state index contributed by atoms with van der Waals surface area (Å²) < 4.78 is 11.5. The highest BCUT2D eigenvalue weighted by Crippen LogP contribution is 2.44. The molecular weight excluding hydrogens is 717 g/mol. The van der Waals surface area contributed by atoms with Crippen LogP contribution in [0.5, 0.6) is 0 Å². The molecule has 0 atom stereocenters. The lowest BCUT2D eigenvalue weighted by Crippen LogP contribution is -2.00. The molecule has 57 heavy (non-hydrogen) atoms. The van der Waals surface area contributed by atoms with Gasteiger partial charge in [0.15, 0.2) is 17.5 Å². The third-order valence-electron chi connectivity index (χ3n) is 11.1. The Hall–Kier alpha value is -7.41. The van der Waals surface area contributed by atoms with Crippen LogP contribution < -0.4 is 0 Å². The van der Waals surface area contributed by atoms with Crippen LogP contribution >= 0.6 is 11.3 Å². The van der Waals surface area contributed by atoms with Crippen LogP contribution in [0.3, 0.4) is 0 Å². The highest BCUT2D eigenvalue weighted by molar-refractivity contribution is 7.25. The predicted octanol–water partition coefficient (Wildman–Crippen LogP) is 13.9. The van der Waals surface area contributed by atoms with Crippen LogP contribution in [0.15, 0.2) is 186 Å². The molecule has 0 fully saturated rings. The molecule has 4 heterocycles. The van der Waals surface area contributed by atoms with Crippen LogP contribution in [-0.4, -0.2) is 19.5 Å². The molecule has 0 unspecified atom stereocenters. The number of benzene rings is 8. The Morgan fingerprint density at radius 2 is 0.982 bits per heavy atom. The van der Waals surface area contributed by atoms with Crippen molar-refractivity contribution in [1.82, 2.24) is 19.5 Å². The average Bonchev–Trinajstić information content (AvgIpc) is 3.96.